The summed E-state index contributed by atoms with van der Waals surface area (Å²) in [7, 11) is 1.54. The quantitative estimate of drug-likeness (QED) is 0.445. The van der Waals surface area contributed by atoms with Gasteiger partial charge in [0.1, 0.15) is 5.76 Å². The Morgan fingerprint density at radius 3 is 2.33 bits per heavy atom. The predicted octanol–water partition coefficient (Wildman–Crippen LogP) is 3.83. The second kappa shape index (κ2) is 8.06. The van der Waals surface area contributed by atoms with Gasteiger partial charge in [0, 0.05) is 23.7 Å². The van der Waals surface area contributed by atoms with Crippen molar-refractivity contribution in [3.63, 3.8) is 0 Å². The van der Waals surface area contributed by atoms with Gasteiger partial charge in [0.25, 0.3) is 11.7 Å². The molecular weight excluding hydrogens is 410 g/mol. The van der Waals surface area contributed by atoms with Gasteiger partial charge in [0.2, 0.25) is 0 Å². The van der Waals surface area contributed by atoms with Gasteiger partial charge in [-0.15, -0.1) is 0 Å². The minimum Gasteiger partial charge on any atom is -0.507 e. The van der Waals surface area contributed by atoms with Gasteiger partial charge in [-0.2, -0.15) is 0 Å². The monoisotopic (exact) mass is 429 g/mol. The van der Waals surface area contributed by atoms with Gasteiger partial charge in [0.05, 0.1) is 18.2 Å². The number of Topliss-reactive ketones (excluding diaryl/α,β-unsaturated/α-hetero) is 1. The Hall–Kier alpha value is -2.44. The highest BCUT2D eigenvalue weighted by Gasteiger charge is 2.45. The van der Waals surface area contributed by atoms with Crippen molar-refractivity contribution in [1.29, 1.82) is 0 Å². The van der Waals surface area contributed by atoms with Crippen LogP contribution >= 0.6 is 15.9 Å². The number of rotatable bonds is 5. The van der Waals surface area contributed by atoms with E-state index in [2.05, 4.69) is 15.9 Å². The molecular formula is C21H20BrNO4. The number of aliphatic hydroxyl groups excluding tert-OH is 1. The minimum atomic E-state index is -0.683. The smallest absolute Gasteiger partial charge is 0.295 e. The largest absolute Gasteiger partial charge is 0.507 e. The number of aliphatic hydroxyl groups is 1. The molecule has 0 saturated carbocycles. The third-order valence-electron chi connectivity index (χ3n) is 4.59. The predicted molar refractivity (Wildman–Crippen MR) is 106 cm³/mol. The molecule has 1 aliphatic rings. The highest BCUT2D eigenvalue weighted by Crippen LogP contribution is 2.39. The van der Waals surface area contributed by atoms with Crippen molar-refractivity contribution in [1.82, 2.24) is 4.90 Å². The van der Waals surface area contributed by atoms with Gasteiger partial charge in [0.15, 0.2) is 0 Å². The van der Waals surface area contributed by atoms with E-state index in [1.165, 1.54) is 12.0 Å². The number of benzene rings is 2. The van der Waals surface area contributed by atoms with Crippen LogP contribution in [0.1, 0.15) is 22.7 Å². The van der Waals surface area contributed by atoms with E-state index in [-0.39, 0.29) is 17.9 Å². The molecule has 2 aromatic carbocycles. The van der Waals surface area contributed by atoms with Crippen LogP contribution in [-0.2, 0) is 14.3 Å². The summed E-state index contributed by atoms with van der Waals surface area (Å²) >= 11 is 3.39. The van der Waals surface area contributed by atoms with Crippen molar-refractivity contribution in [3.8, 4) is 0 Å². The number of amides is 1. The molecule has 0 radical (unpaired) electrons. The van der Waals surface area contributed by atoms with Gasteiger partial charge >= 0.3 is 0 Å². The van der Waals surface area contributed by atoms with Crippen molar-refractivity contribution < 1.29 is 19.4 Å². The molecule has 6 heteroatoms. The van der Waals surface area contributed by atoms with Crippen LogP contribution in [0.25, 0.3) is 5.76 Å². The number of nitrogens with zero attached hydrogens (tertiary/aromatic N) is 1. The molecule has 1 saturated heterocycles. The maximum absolute atomic E-state index is 12.8. The summed E-state index contributed by atoms with van der Waals surface area (Å²) < 4.78 is 5.98. The first-order valence-corrected chi connectivity index (χ1v) is 9.33. The molecule has 1 amide bonds. The van der Waals surface area contributed by atoms with Crippen LogP contribution in [0.3, 0.4) is 0 Å². The van der Waals surface area contributed by atoms with Gasteiger partial charge in [-0.3, -0.25) is 9.59 Å². The number of ketones is 1. The molecule has 3 rings (SSSR count). The molecule has 0 bridgehead atoms. The second-order valence-corrected chi connectivity index (χ2v) is 7.32. The van der Waals surface area contributed by atoms with Gasteiger partial charge in [-0.05, 0) is 24.6 Å². The molecule has 140 valence electrons. The number of ether oxygens (including phenoxy) is 1. The number of halogens is 1. The zero-order valence-corrected chi connectivity index (χ0v) is 16.7. The van der Waals surface area contributed by atoms with Crippen molar-refractivity contribution in [3.05, 3.63) is 75.3 Å². The normalized spacial score (nSPS) is 18.9. The zero-order valence-electron chi connectivity index (χ0n) is 15.1. The first-order valence-electron chi connectivity index (χ1n) is 8.54. The molecule has 27 heavy (non-hydrogen) atoms. The second-order valence-electron chi connectivity index (χ2n) is 6.40. The first-order chi connectivity index (χ1) is 12.9. The van der Waals surface area contributed by atoms with Crippen molar-refractivity contribution >= 4 is 33.4 Å². The highest BCUT2D eigenvalue weighted by molar-refractivity contribution is 9.10. The number of aryl methyl sites for hydroxylation is 1. The van der Waals surface area contributed by atoms with E-state index in [1.807, 2.05) is 43.3 Å². The highest BCUT2D eigenvalue weighted by atomic mass is 79.9. The summed E-state index contributed by atoms with van der Waals surface area (Å²) in [6, 6.07) is 13.9. The van der Waals surface area contributed by atoms with E-state index in [1.54, 1.807) is 12.1 Å². The van der Waals surface area contributed by atoms with Crippen LogP contribution < -0.4 is 0 Å². The van der Waals surface area contributed by atoms with Crippen LogP contribution in [-0.4, -0.2) is 42.0 Å². The van der Waals surface area contributed by atoms with E-state index in [0.29, 0.717) is 12.2 Å². The molecule has 1 heterocycles. The third kappa shape index (κ3) is 3.82. The number of hydrogen-bond acceptors (Lipinski definition) is 4. The average molecular weight is 430 g/mol. The lowest BCUT2D eigenvalue weighted by Crippen LogP contribution is -2.32. The van der Waals surface area contributed by atoms with Crippen LogP contribution in [0.2, 0.25) is 0 Å². The van der Waals surface area contributed by atoms with Gasteiger partial charge in [-0.25, -0.2) is 0 Å². The van der Waals surface area contributed by atoms with Crippen molar-refractivity contribution in [2.24, 2.45) is 0 Å². The molecule has 1 fully saturated rings. The molecule has 5 nitrogen and oxygen atoms in total. The molecule has 1 N–H and O–H groups in total. The lowest BCUT2D eigenvalue weighted by Gasteiger charge is -2.25. The van der Waals surface area contributed by atoms with Crippen LogP contribution in [0.5, 0.6) is 0 Å². The van der Waals surface area contributed by atoms with Gasteiger partial charge in [-0.1, -0.05) is 57.9 Å². The van der Waals surface area contributed by atoms with Crippen LogP contribution in [0.4, 0.5) is 0 Å². The third-order valence-corrected chi connectivity index (χ3v) is 5.12. The fourth-order valence-corrected chi connectivity index (χ4v) is 3.42. The molecule has 0 aliphatic carbocycles. The lowest BCUT2D eigenvalue weighted by atomic mass is 9.95. The molecule has 1 unspecified atom stereocenters. The molecule has 2 aromatic rings. The Balaban J connectivity index is 2.14. The van der Waals surface area contributed by atoms with Crippen LogP contribution in [0, 0.1) is 6.92 Å². The van der Waals surface area contributed by atoms with E-state index < -0.39 is 17.7 Å². The Labute approximate surface area is 166 Å². The zero-order chi connectivity index (χ0) is 19.6. The summed E-state index contributed by atoms with van der Waals surface area (Å²) in [5.41, 5.74) is 2.40. The standard InChI is InChI=1S/C21H20BrNO4/c1-13-3-5-15(6-4-13)19(24)17-18(14-7-9-16(22)10-8-14)23(11-12-27-2)21(26)20(17)25/h3-10,18,24H,11-12H2,1-2H3/b19-17+. The molecule has 0 spiro atoms. The Morgan fingerprint density at radius 2 is 1.74 bits per heavy atom. The van der Waals surface area contributed by atoms with Crippen LogP contribution in [0.15, 0.2) is 58.6 Å². The summed E-state index contributed by atoms with van der Waals surface area (Å²) in [4.78, 5) is 26.8. The Bertz CT molecular complexity index is 887. The minimum absolute atomic E-state index is 0.0993. The lowest BCUT2D eigenvalue weighted by molar-refractivity contribution is -0.140. The fourth-order valence-electron chi connectivity index (χ4n) is 3.16. The van der Waals surface area contributed by atoms with E-state index >= 15 is 0 Å². The topological polar surface area (TPSA) is 66.8 Å². The maximum Gasteiger partial charge on any atom is 0.295 e. The van der Waals surface area contributed by atoms with E-state index in [0.717, 1.165) is 15.6 Å². The first kappa shape index (κ1) is 19.3. The van der Waals surface area contributed by atoms with E-state index in [4.69, 9.17) is 4.74 Å². The van der Waals surface area contributed by atoms with Gasteiger partial charge < -0.3 is 14.7 Å². The number of carbonyl (C=O) groups excluding carboxylic acids is 2. The summed E-state index contributed by atoms with van der Waals surface area (Å²) in [5, 5.41) is 10.9. The summed E-state index contributed by atoms with van der Waals surface area (Å²) in [6.07, 6.45) is 0. The SMILES string of the molecule is COCCN1C(=O)C(=O)/C(=C(/O)c2ccc(C)cc2)C1c1ccc(Br)cc1. The summed E-state index contributed by atoms with van der Waals surface area (Å²) in [5.74, 6) is -1.48. The van der Waals surface area contributed by atoms with Crippen molar-refractivity contribution in [2.45, 2.75) is 13.0 Å². The number of methoxy groups -OCH3 is 1. The fraction of sp³-hybridized carbons (Fsp3) is 0.238. The number of carbonyl (C=O) groups is 2. The molecule has 1 atom stereocenters. The summed E-state index contributed by atoms with van der Waals surface area (Å²) in [6.45, 7) is 2.49. The molecule has 0 aromatic heterocycles. The number of hydrogen-bond donors (Lipinski definition) is 1. The average Bonchev–Trinajstić information content (AvgIpc) is 2.91. The molecule has 1 aliphatic heterocycles. The number of likely N-dealkylation sites (tertiary alicyclic amines) is 1. The Kier molecular flexibility index (Phi) is 5.77. The van der Waals surface area contributed by atoms with E-state index in [9.17, 15) is 14.7 Å². The maximum atomic E-state index is 12.8. The Morgan fingerprint density at radius 1 is 1.11 bits per heavy atom. The van der Waals surface area contributed by atoms with Crippen molar-refractivity contribution in [2.75, 3.05) is 20.3 Å².